The van der Waals surface area contributed by atoms with Gasteiger partial charge in [-0.2, -0.15) is 37.0 Å². The summed E-state index contributed by atoms with van der Waals surface area (Å²) in [4.78, 5) is 9.31. The summed E-state index contributed by atoms with van der Waals surface area (Å²) >= 11 is 0. The Bertz CT molecular complexity index is 1010. The predicted octanol–water partition coefficient (Wildman–Crippen LogP) is 5.06. The van der Waals surface area contributed by atoms with Gasteiger partial charge >= 0.3 is 7.54 Å². The van der Waals surface area contributed by atoms with Gasteiger partial charge in [-0.25, -0.2) is 0 Å². The number of halogens is 4. The van der Waals surface area contributed by atoms with Gasteiger partial charge in [0.05, 0.1) is 6.67 Å². The third-order valence-corrected chi connectivity index (χ3v) is 6.17. The molecular weight excluding hydrogens is 719 g/mol. The summed E-state index contributed by atoms with van der Waals surface area (Å²) < 4.78 is 29.0. The van der Waals surface area contributed by atoms with E-state index in [1.54, 1.807) is 0 Å². The van der Waals surface area contributed by atoms with Gasteiger partial charge in [0, 0.05) is 63.3 Å². The maximum Gasteiger partial charge on any atom is 0.762 e. The second-order valence-corrected chi connectivity index (χ2v) is 8.67. The number of para-hydroxylation sites is 4. The van der Waals surface area contributed by atoms with E-state index < -0.39 is 7.54 Å². The summed E-state index contributed by atoms with van der Waals surface area (Å²) in [6.07, 6.45) is 0. The number of hydrogen-bond acceptors (Lipinski definition) is 4. The molecule has 4 aromatic carbocycles. The Morgan fingerprint density at radius 3 is 1.40 bits per heavy atom. The molecule has 6 rings (SSSR count). The Morgan fingerprint density at radius 2 is 0.976 bits per heavy atom. The van der Waals surface area contributed by atoms with Crippen LogP contribution in [-0.4, -0.2) is 40.4 Å². The minimum atomic E-state index is -3.67. The van der Waals surface area contributed by atoms with Crippen LogP contribution in [0.15, 0.2) is 115 Å². The zero-order chi connectivity index (χ0) is 26.6. The molecule has 229 valence electrons. The fraction of sp³-hybridized carbons (Fsp3) is 0.219. The molecule has 0 N–H and O–H groups in total. The van der Waals surface area contributed by atoms with Crippen LogP contribution in [0, 0.1) is 12.7 Å². The molecule has 4 nitrogen and oxygen atoms in total. The summed E-state index contributed by atoms with van der Waals surface area (Å²) in [5.74, 6) is 0. The smallest absolute Gasteiger partial charge is 0.762 e. The summed E-state index contributed by atoms with van der Waals surface area (Å²) in [7, 11) is -3.67. The maximum absolute atomic E-state index is 9.67. The van der Waals surface area contributed by atoms with Gasteiger partial charge in [0.15, 0.2) is 0 Å². The van der Waals surface area contributed by atoms with E-state index in [0.717, 1.165) is 38.5 Å². The zero-order valence-electron chi connectivity index (χ0n) is 21.8. The molecule has 2 fully saturated rings. The van der Waals surface area contributed by atoms with Gasteiger partial charge in [0.1, 0.15) is 0 Å². The van der Waals surface area contributed by atoms with Crippen molar-refractivity contribution in [2.75, 3.05) is 52.4 Å². The predicted molar refractivity (Wildman–Crippen MR) is 166 cm³/mol. The molecule has 0 aromatic heterocycles. The van der Waals surface area contributed by atoms with E-state index in [1.165, 1.54) is 17.1 Å². The second-order valence-electron chi connectivity index (χ2n) is 8.67. The molecule has 2 aliphatic rings. The molecule has 0 atom stereocenters. The van der Waals surface area contributed by atoms with Crippen LogP contribution in [-0.2, 0) is 20.1 Å². The van der Waals surface area contributed by atoms with Crippen LogP contribution >= 0.6 is 0 Å². The normalized spacial score (nSPS) is 13.0. The number of rotatable bonds is 4. The van der Waals surface area contributed by atoms with Crippen molar-refractivity contribution in [2.24, 2.45) is 0 Å². The van der Waals surface area contributed by atoms with Crippen molar-refractivity contribution < 1.29 is 37.8 Å². The van der Waals surface area contributed by atoms with Crippen molar-refractivity contribution in [3.05, 3.63) is 128 Å². The number of hydrogen-bond donors (Lipinski definition) is 0. The standard InChI is InChI=1S/C15H16N2.C15H14N2.2CH4.BF3.FH.Ir/c2*1-3-7-14(8-4-1)16-11-12-17(13-16)15-9-5-2-6-10-15;;;2-1(3)4;;/h1-10H,11-13H2;1-9,13H,11-12H2;2*1H4;;1H;/q;-2;;;;;/p-1. The number of nitrogens with zero attached hydrogens (tertiary/aromatic N) is 4. The van der Waals surface area contributed by atoms with Crippen LogP contribution in [0.1, 0.15) is 14.9 Å². The van der Waals surface area contributed by atoms with Gasteiger partial charge in [-0.15, -0.1) is 5.69 Å². The van der Waals surface area contributed by atoms with Gasteiger partial charge in [-0.3, -0.25) is 12.9 Å². The first kappa shape index (κ1) is 38.5. The van der Waals surface area contributed by atoms with E-state index >= 15 is 0 Å². The van der Waals surface area contributed by atoms with Crippen molar-refractivity contribution in [1.82, 2.24) is 0 Å². The Balaban J connectivity index is 0.000000656. The van der Waals surface area contributed by atoms with Crippen molar-refractivity contribution in [2.45, 2.75) is 14.9 Å². The van der Waals surface area contributed by atoms with Crippen molar-refractivity contribution >= 4 is 30.3 Å². The van der Waals surface area contributed by atoms with Crippen molar-refractivity contribution in [1.29, 1.82) is 0 Å². The summed E-state index contributed by atoms with van der Waals surface area (Å²) in [6.45, 7) is 7.36. The van der Waals surface area contributed by atoms with Gasteiger partial charge in [-0.05, 0) is 36.4 Å². The molecule has 4 aromatic rings. The first-order valence-electron chi connectivity index (χ1n) is 12.5. The van der Waals surface area contributed by atoms with Crippen molar-refractivity contribution in [3.8, 4) is 0 Å². The SMILES string of the molecule is C.C.FB(F)F.[F-].[Ir].[c-]1ccccc1N1[CH-]N(c2ccccc2)CC1.c1ccc(N2CCN(c3ccccc3)C2)cc1. The van der Waals surface area contributed by atoms with E-state index in [1.807, 2.05) is 24.3 Å². The van der Waals surface area contributed by atoms with E-state index in [2.05, 4.69) is 123 Å². The van der Waals surface area contributed by atoms with E-state index in [4.69, 9.17) is 0 Å². The molecule has 2 heterocycles. The minimum Gasteiger partial charge on any atom is -1.00 e. The fourth-order valence-electron chi connectivity index (χ4n) is 4.35. The molecular formula is C32H38BF4IrN4-3. The molecule has 42 heavy (non-hydrogen) atoms. The topological polar surface area (TPSA) is 13.0 Å². The van der Waals surface area contributed by atoms with Gasteiger partial charge in [-0.1, -0.05) is 69.5 Å². The van der Waals surface area contributed by atoms with Gasteiger partial charge < -0.3 is 24.3 Å². The molecule has 0 aliphatic carbocycles. The van der Waals surface area contributed by atoms with Gasteiger partial charge in [0.25, 0.3) is 0 Å². The fourth-order valence-corrected chi connectivity index (χ4v) is 4.35. The van der Waals surface area contributed by atoms with Crippen LogP contribution < -0.4 is 24.3 Å². The van der Waals surface area contributed by atoms with Crippen LogP contribution in [0.25, 0.3) is 0 Å². The molecule has 0 bridgehead atoms. The third-order valence-electron chi connectivity index (χ3n) is 6.17. The number of anilines is 4. The third kappa shape index (κ3) is 11.8. The average Bonchev–Trinajstić information content (AvgIpc) is 3.66. The van der Waals surface area contributed by atoms with Crippen LogP contribution in [0.2, 0.25) is 0 Å². The molecule has 0 amide bonds. The minimum absolute atomic E-state index is 0. The summed E-state index contributed by atoms with van der Waals surface area (Å²) in [5.41, 5.74) is 4.99. The quantitative estimate of drug-likeness (QED) is 0.164. The Labute approximate surface area is 262 Å². The summed E-state index contributed by atoms with van der Waals surface area (Å²) in [6, 6.07) is 43.0. The second kappa shape index (κ2) is 20.4. The first-order chi connectivity index (χ1) is 18.6. The van der Waals surface area contributed by atoms with Gasteiger partial charge in [0.2, 0.25) is 0 Å². The largest absolute Gasteiger partial charge is 1.00 e. The van der Waals surface area contributed by atoms with E-state index in [9.17, 15) is 12.9 Å². The average molecular weight is 758 g/mol. The molecule has 2 aliphatic heterocycles. The Hall–Kier alpha value is -3.49. The van der Waals surface area contributed by atoms with Crippen LogP contribution in [0.3, 0.4) is 0 Å². The monoisotopic (exact) mass is 758 g/mol. The van der Waals surface area contributed by atoms with Crippen LogP contribution in [0.5, 0.6) is 0 Å². The Morgan fingerprint density at radius 1 is 0.571 bits per heavy atom. The zero-order valence-corrected chi connectivity index (χ0v) is 24.2. The number of benzene rings is 4. The maximum atomic E-state index is 9.67. The van der Waals surface area contributed by atoms with Crippen LogP contribution in [0.4, 0.5) is 35.7 Å². The van der Waals surface area contributed by atoms with E-state index in [-0.39, 0.29) is 39.7 Å². The first-order valence-corrected chi connectivity index (χ1v) is 12.5. The molecule has 0 spiro atoms. The summed E-state index contributed by atoms with van der Waals surface area (Å²) in [5, 5.41) is 0. The molecule has 2 saturated heterocycles. The molecule has 0 saturated carbocycles. The van der Waals surface area contributed by atoms with E-state index in [0.29, 0.717) is 0 Å². The van der Waals surface area contributed by atoms with Crippen molar-refractivity contribution in [3.63, 3.8) is 0 Å². The molecule has 10 heteroatoms. The molecule has 1 radical (unpaired) electrons. The Kier molecular flexibility index (Phi) is 18.7. The molecule has 0 unspecified atom stereocenters.